The molecule has 0 saturated heterocycles. The van der Waals surface area contributed by atoms with E-state index in [1.807, 2.05) is 24.3 Å². The maximum Gasteiger partial charge on any atom is 0.338 e. The highest BCUT2D eigenvalue weighted by Gasteiger charge is 2.17. The van der Waals surface area contributed by atoms with Gasteiger partial charge in [0.15, 0.2) is 0 Å². The lowest BCUT2D eigenvalue weighted by Gasteiger charge is -2.10. The SMILES string of the molecule is COC(=O)c1cccc2ccc3cccc(C(=O)O)c3c12. The van der Waals surface area contributed by atoms with Gasteiger partial charge in [0.25, 0.3) is 0 Å². The molecule has 3 aromatic carbocycles. The van der Waals surface area contributed by atoms with Crippen LogP contribution in [0.3, 0.4) is 0 Å². The Morgan fingerprint density at radius 2 is 1.38 bits per heavy atom. The van der Waals surface area contributed by atoms with Gasteiger partial charge >= 0.3 is 11.9 Å². The fourth-order valence-corrected chi connectivity index (χ4v) is 2.61. The third-order valence-electron chi connectivity index (χ3n) is 3.52. The molecule has 1 N–H and O–H groups in total. The molecule has 4 nitrogen and oxygen atoms in total. The number of aromatic carboxylic acids is 1. The van der Waals surface area contributed by atoms with Crippen molar-refractivity contribution in [3.63, 3.8) is 0 Å². The molecule has 0 aromatic heterocycles. The lowest BCUT2D eigenvalue weighted by atomic mass is 9.94. The molecule has 0 unspecified atom stereocenters. The summed E-state index contributed by atoms with van der Waals surface area (Å²) in [6.45, 7) is 0. The summed E-state index contributed by atoms with van der Waals surface area (Å²) >= 11 is 0. The maximum atomic E-state index is 12.0. The molecule has 0 heterocycles. The quantitative estimate of drug-likeness (QED) is 0.576. The van der Waals surface area contributed by atoms with Crippen molar-refractivity contribution in [2.24, 2.45) is 0 Å². The summed E-state index contributed by atoms with van der Waals surface area (Å²) in [5, 5.41) is 12.2. The Hall–Kier alpha value is -2.88. The van der Waals surface area contributed by atoms with E-state index < -0.39 is 11.9 Å². The second kappa shape index (κ2) is 4.90. The topological polar surface area (TPSA) is 63.6 Å². The van der Waals surface area contributed by atoms with E-state index in [-0.39, 0.29) is 5.56 Å². The van der Waals surface area contributed by atoms with E-state index in [0.29, 0.717) is 16.3 Å². The van der Waals surface area contributed by atoms with E-state index >= 15 is 0 Å². The Balaban J connectivity index is 2.57. The van der Waals surface area contributed by atoms with E-state index in [4.69, 9.17) is 4.74 Å². The number of hydrogen-bond acceptors (Lipinski definition) is 3. The molecule has 4 heteroatoms. The maximum absolute atomic E-state index is 12.0. The summed E-state index contributed by atoms with van der Waals surface area (Å²) in [6, 6.07) is 14.0. The van der Waals surface area contributed by atoms with Crippen molar-refractivity contribution in [3.8, 4) is 0 Å². The van der Waals surface area contributed by atoms with Crippen LogP contribution in [-0.2, 0) is 4.74 Å². The number of benzene rings is 3. The largest absolute Gasteiger partial charge is 0.478 e. The fraction of sp³-hybridized carbons (Fsp3) is 0.0588. The first-order valence-electron chi connectivity index (χ1n) is 6.39. The van der Waals surface area contributed by atoms with Gasteiger partial charge in [-0.15, -0.1) is 0 Å². The second-order valence-electron chi connectivity index (χ2n) is 4.67. The van der Waals surface area contributed by atoms with Crippen LogP contribution >= 0.6 is 0 Å². The van der Waals surface area contributed by atoms with Crippen molar-refractivity contribution in [2.45, 2.75) is 0 Å². The number of carbonyl (C=O) groups is 2. The normalized spacial score (nSPS) is 10.7. The van der Waals surface area contributed by atoms with E-state index in [0.717, 1.165) is 10.8 Å². The summed E-state index contributed by atoms with van der Waals surface area (Å²) < 4.78 is 4.81. The molecule has 3 aromatic rings. The first-order chi connectivity index (χ1) is 10.1. The van der Waals surface area contributed by atoms with Crippen molar-refractivity contribution in [2.75, 3.05) is 7.11 Å². The molecule has 0 saturated carbocycles. The van der Waals surface area contributed by atoms with Crippen molar-refractivity contribution in [1.29, 1.82) is 0 Å². The van der Waals surface area contributed by atoms with Gasteiger partial charge in [0.1, 0.15) is 0 Å². The first-order valence-corrected chi connectivity index (χ1v) is 6.39. The van der Waals surface area contributed by atoms with Crippen LogP contribution in [0.2, 0.25) is 0 Å². The van der Waals surface area contributed by atoms with Crippen LogP contribution < -0.4 is 0 Å². The lowest BCUT2D eigenvalue weighted by molar-refractivity contribution is 0.0602. The molecule has 0 radical (unpaired) electrons. The number of esters is 1. The van der Waals surface area contributed by atoms with Gasteiger partial charge in [-0.3, -0.25) is 0 Å². The highest BCUT2D eigenvalue weighted by Crippen LogP contribution is 2.31. The van der Waals surface area contributed by atoms with Gasteiger partial charge in [0.05, 0.1) is 18.2 Å². The number of methoxy groups -OCH3 is 1. The van der Waals surface area contributed by atoms with Crippen LogP contribution in [-0.4, -0.2) is 24.2 Å². The molecule has 0 spiro atoms. The molecular formula is C17H12O4. The van der Waals surface area contributed by atoms with Gasteiger partial charge in [-0.2, -0.15) is 0 Å². The molecule has 104 valence electrons. The summed E-state index contributed by atoms with van der Waals surface area (Å²) in [5.74, 6) is -1.50. The third kappa shape index (κ3) is 2.01. The van der Waals surface area contributed by atoms with Crippen LogP contribution in [0.1, 0.15) is 20.7 Å². The Morgan fingerprint density at radius 1 is 0.857 bits per heavy atom. The Kier molecular flexibility index (Phi) is 3.06. The van der Waals surface area contributed by atoms with Crippen molar-refractivity contribution in [3.05, 3.63) is 59.7 Å². The lowest BCUT2D eigenvalue weighted by Crippen LogP contribution is -2.04. The molecule has 0 atom stereocenters. The number of rotatable bonds is 2. The number of ether oxygens (including phenoxy) is 1. The Labute approximate surface area is 120 Å². The molecule has 0 amide bonds. The summed E-state index contributed by atoms with van der Waals surface area (Å²) in [5.41, 5.74) is 0.545. The summed E-state index contributed by atoms with van der Waals surface area (Å²) in [4.78, 5) is 23.5. The smallest absolute Gasteiger partial charge is 0.338 e. The van der Waals surface area contributed by atoms with Crippen LogP contribution in [0.5, 0.6) is 0 Å². The second-order valence-corrected chi connectivity index (χ2v) is 4.67. The average molecular weight is 280 g/mol. The van der Waals surface area contributed by atoms with Gasteiger partial charge in [-0.05, 0) is 22.9 Å². The first kappa shape index (κ1) is 13.1. The monoisotopic (exact) mass is 280 g/mol. The average Bonchev–Trinajstić information content (AvgIpc) is 2.52. The highest BCUT2D eigenvalue weighted by molar-refractivity contribution is 6.21. The number of carbonyl (C=O) groups excluding carboxylic acids is 1. The number of hydrogen-bond donors (Lipinski definition) is 1. The van der Waals surface area contributed by atoms with Gasteiger partial charge in [0.2, 0.25) is 0 Å². The van der Waals surface area contributed by atoms with Gasteiger partial charge < -0.3 is 9.84 Å². The molecule has 0 aliphatic heterocycles. The van der Waals surface area contributed by atoms with E-state index in [1.54, 1.807) is 18.2 Å². The standard InChI is InChI=1S/C17H12O4/c1-21-17(20)13-7-3-5-11-9-8-10-4-2-6-12(16(18)19)14(10)15(11)13/h2-9H,1H3,(H,18,19). The number of fused-ring (bicyclic) bond motifs is 3. The van der Waals surface area contributed by atoms with Crippen LogP contribution in [0.4, 0.5) is 0 Å². The molecule has 0 aliphatic rings. The molecule has 0 aliphatic carbocycles. The van der Waals surface area contributed by atoms with E-state index in [2.05, 4.69) is 0 Å². The molecule has 0 bridgehead atoms. The van der Waals surface area contributed by atoms with E-state index in [1.165, 1.54) is 13.2 Å². The summed E-state index contributed by atoms with van der Waals surface area (Å²) in [7, 11) is 1.31. The number of carboxylic acid groups (broad SMARTS) is 1. The van der Waals surface area contributed by atoms with Gasteiger partial charge in [0, 0.05) is 10.8 Å². The fourth-order valence-electron chi connectivity index (χ4n) is 2.61. The van der Waals surface area contributed by atoms with Crippen molar-refractivity contribution >= 4 is 33.5 Å². The van der Waals surface area contributed by atoms with Crippen molar-refractivity contribution < 1.29 is 19.4 Å². The highest BCUT2D eigenvalue weighted by atomic mass is 16.5. The minimum atomic E-state index is -1.02. The summed E-state index contributed by atoms with van der Waals surface area (Å²) in [6.07, 6.45) is 0. The van der Waals surface area contributed by atoms with Crippen LogP contribution in [0.15, 0.2) is 48.5 Å². The predicted octanol–water partition coefficient (Wildman–Crippen LogP) is 3.48. The van der Waals surface area contributed by atoms with Gasteiger partial charge in [-0.25, -0.2) is 9.59 Å². The Morgan fingerprint density at radius 3 is 1.90 bits per heavy atom. The molecule has 21 heavy (non-hydrogen) atoms. The minimum absolute atomic E-state index is 0.175. The Bertz CT molecular complexity index is 880. The van der Waals surface area contributed by atoms with Gasteiger partial charge in [-0.1, -0.05) is 36.4 Å². The minimum Gasteiger partial charge on any atom is -0.478 e. The molecule has 3 rings (SSSR count). The van der Waals surface area contributed by atoms with Crippen LogP contribution in [0.25, 0.3) is 21.5 Å². The van der Waals surface area contributed by atoms with E-state index in [9.17, 15) is 14.7 Å². The zero-order valence-electron chi connectivity index (χ0n) is 11.3. The third-order valence-corrected chi connectivity index (χ3v) is 3.52. The molecular weight excluding hydrogens is 268 g/mol. The predicted molar refractivity (Wildman–Crippen MR) is 79.8 cm³/mol. The number of carboxylic acids is 1. The molecule has 0 fully saturated rings. The van der Waals surface area contributed by atoms with Crippen LogP contribution in [0, 0.1) is 0 Å². The zero-order valence-corrected chi connectivity index (χ0v) is 11.3. The zero-order chi connectivity index (χ0) is 15.0. The van der Waals surface area contributed by atoms with Crippen molar-refractivity contribution in [1.82, 2.24) is 0 Å².